The smallest absolute Gasteiger partial charge is 0.410 e. The van der Waals surface area contributed by atoms with Gasteiger partial charge in [-0.1, -0.05) is 13.8 Å². The molecule has 17 heavy (non-hydrogen) atoms. The minimum Gasteiger partial charge on any atom is -0.444 e. The maximum atomic E-state index is 12.1. The molecule has 1 rings (SSSR count). The van der Waals surface area contributed by atoms with E-state index in [0.29, 0.717) is 0 Å². The summed E-state index contributed by atoms with van der Waals surface area (Å²) in [6, 6.07) is 0.0716. The molecule has 1 fully saturated rings. The zero-order chi connectivity index (χ0) is 13.3. The molecule has 1 N–H and O–H groups in total. The number of carbonyl (C=O) groups is 1. The predicted octanol–water partition coefficient (Wildman–Crippen LogP) is 2.40. The van der Waals surface area contributed by atoms with E-state index in [1.807, 2.05) is 34.6 Å². The third-order valence-corrected chi connectivity index (χ3v) is 3.19. The lowest BCUT2D eigenvalue weighted by Gasteiger charge is -2.37. The highest BCUT2D eigenvalue weighted by Crippen LogP contribution is 2.33. The standard InChI is InChI=1S/C13H25NO3/c1-12(2,3)17-11(16)14-8-6-7-10(14)13(4,5)9-15/h10,15H,6-9H2,1-5H3/t10-/m0/s1. The molecule has 4 heteroatoms. The number of nitrogens with zero attached hydrogens (tertiary/aromatic N) is 1. The number of aliphatic hydroxyl groups excluding tert-OH is 1. The summed E-state index contributed by atoms with van der Waals surface area (Å²) in [6.45, 7) is 10.4. The molecule has 0 spiro atoms. The molecule has 0 radical (unpaired) electrons. The van der Waals surface area contributed by atoms with Crippen molar-refractivity contribution in [2.24, 2.45) is 5.41 Å². The molecule has 0 aromatic heterocycles. The van der Waals surface area contributed by atoms with Crippen LogP contribution in [0.1, 0.15) is 47.5 Å². The van der Waals surface area contributed by atoms with Gasteiger partial charge in [-0.2, -0.15) is 0 Å². The van der Waals surface area contributed by atoms with Gasteiger partial charge in [0.15, 0.2) is 0 Å². The topological polar surface area (TPSA) is 49.8 Å². The van der Waals surface area contributed by atoms with Crippen molar-refractivity contribution < 1.29 is 14.6 Å². The first-order valence-electron chi connectivity index (χ1n) is 6.28. The third-order valence-electron chi connectivity index (χ3n) is 3.19. The van der Waals surface area contributed by atoms with Gasteiger partial charge in [0, 0.05) is 18.0 Å². The Bertz CT molecular complexity index is 281. The second-order valence-electron chi connectivity index (χ2n) is 6.48. The van der Waals surface area contributed by atoms with E-state index in [1.54, 1.807) is 4.90 Å². The maximum absolute atomic E-state index is 12.1. The minimum atomic E-state index is -0.465. The fourth-order valence-corrected chi connectivity index (χ4v) is 2.22. The summed E-state index contributed by atoms with van der Waals surface area (Å²) in [7, 11) is 0. The first-order valence-corrected chi connectivity index (χ1v) is 6.28. The van der Waals surface area contributed by atoms with Crippen molar-refractivity contribution in [3.63, 3.8) is 0 Å². The molecule has 0 unspecified atom stereocenters. The summed E-state index contributed by atoms with van der Waals surface area (Å²) in [4.78, 5) is 13.8. The Labute approximate surface area is 104 Å². The zero-order valence-electron chi connectivity index (χ0n) is 11.6. The largest absolute Gasteiger partial charge is 0.444 e. The molecule has 1 amide bonds. The van der Waals surface area contributed by atoms with E-state index >= 15 is 0 Å². The zero-order valence-corrected chi connectivity index (χ0v) is 11.6. The van der Waals surface area contributed by atoms with Gasteiger partial charge >= 0.3 is 6.09 Å². The molecule has 0 bridgehead atoms. The Morgan fingerprint density at radius 1 is 1.35 bits per heavy atom. The van der Waals surface area contributed by atoms with E-state index in [4.69, 9.17) is 4.74 Å². The van der Waals surface area contributed by atoms with E-state index < -0.39 is 5.60 Å². The van der Waals surface area contributed by atoms with Crippen molar-refractivity contribution in [2.45, 2.75) is 59.1 Å². The molecule has 1 atom stereocenters. The molecule has 100 valence electrons. The molecule has 1 aliphatic rings. The SMILES string of the molecule is CC(C)(C)OC(=O)N1CCC[C@H]1C(C)(C)CO. The fourth-order valence-electron chi connectivity index (χ4n) is 2.22. The quantitative estimate of drug-likeness (QED) is 0.810. The van der Waals surface area contributed by atoms with Gasteiger partial charge in [0.05, 0.1) is 6.61 Å². The minimum absolute atomic E-state index is 0.0716. The van der Waals surface area contributed by atoms with Crippen LogP contribution in [0.4, 0.5) is 4.79 Å². The van der Waals surface area contributed by atoms with E-state index in [2.05, 4.69) is 0 Å². The number of rotatable bonds is 2. The van der Waals surface area contributed by atoms with Crippen molar-refractivity contribution in [1.29, 1.82) is 0 Å². The normalized spacial score (nSPS) is 21.8. The van der Waals surface area contributed by atoms with Crippen LogP contribution in [-0.4, -0.2) is 40.9 Å². The Morgan fingerprint density at radius 2 is 1.94 bits per heavy atom. The first kappa shape index (κ1) is 14.3. The van der Waals surface area contributed by atoms with Gasteiger partial charge in [0.1, 0.15) is 5.60 Å². The van der Waals surface area contributed by atoms with Gasteiger partial charge in [-0.05, 0) is 33.6 Å². The summed E-state index contributed by atoms with van der Waals surface area (Å²) in [5.74, 6) is 0. The van der Waals surface area contributed by atoms with Crippen molar-refractivity contribution in [2.75, 3.05) is 13.2 Å². The van der Waals surface area contributed by atoms with Gasteiger partial charge < -0.3 is 14.7 Å². The van der Waals surface area contributed by atoms with Crippen LogP contribution in [-0.2, 0) is 4.74 Å². The molecule has 1 heterocycles. The molecule has 0 aliphatic carbocycles. The summed E-state index contributed by atoms with van der Waals surface area (Å²) in [5.41, 5.74) is -0.735. The molecular weight excluding hydrogens is 218 g/mol. The van der Waals surface area contributed by atoms with E-state index in [9.17, 15) is 9.90 Å². The number of carbonyl (C=O) groups excluding carboxylic acids is 1. The average molecular weight is 243 g/mol. The van der Waals surface area contributed by atoms with Crippen LogP contribution in [0.3, 0.4) is 0 Å². The molecule has 0 aromatic carbocycles. The lowest BCUT2D eigenvalue weighted by Crippen LogP contribution is -2.47. The van der Waals surface area contributed by atoms with Crippen LogP contribution >= 0.6 is 0 Å². The second-order valence-corrected chi connectivity index (χ2v) is 6.48. The summed E-state index contributed by atoms with van der Waals surface area (Å²) >= 11 is 0. The van der Waals surface area contributed by atoms with Crippen LogP contribution in [0.25, 0.3) is 0 Å². The van der Waals surface area contributed by atoms with Crippen LogP contribution in [0.2, 0.25) is 0 Å². The maximum Gasteiger partial charge on any atom is 0.410 e. The number of likely N-dealkylation sites (tertiary alicyclic amines) is 1. The highest BCUT2D eigenvalue weighted by Gasteiger charge is 2.40. The highest BCUT2D eigenvalue weighted by molar-refractivity contribution is 5.69. The van der Waals surface area contributed by atoms with Crippen LogP contribution in [0.15, 0.2) is 0 Å². The highest BCUT2D eigenvalue weighted by atomic mass is 16.6. The molecule has 1 saturated heterocycles. The Balaban J connectivity index is 2.73. The molecular formula is C13H25NO3. The van der Waals surface area contributed by atoms with Crippen LogP contribution in [0, 0.1) is 5.41 Å². The summed E-state index contributed by atoms with van der Waals surface area (Å²) < 4.78 is 5.40. The van der Waals surface area contributed by atoms with Crippen molar-refractivity contribution in [1.82, 2.24) is 4.90 Å². The van der Waals surface area contributed by atoms with Crippen molar-refractivity contribution >= 4 is 6.09 Å². The van der Waals surface area contributed by atoms with Crippen molar-refractivity contribution in [3.8, 4) is 0 Å². The molecule has 1 aliphatic heterocycles. The van der Waals surface area contributed by atoms with Gasteiger partial charge in [-0.15, -0.1) is 0 Å². The summed E-state index contributed by atoms with van der Waals surface area (Å²) in [6.07, 6.45) is 1.65. The first-order chi connectivity index (χ1) is 7.67. The molecule has 0 aromatic rings. The Kier molecular flexibility index (Phi) is 4.07. The molecule has 0 saturated carbocycles. The number of hydrogen-bond acceptors (Lipinski definition) is 3. The second kappa shape index (κ2) is 4.84. The Hall–Kier alpha value is -0.770. The van der Waals surface area contributed by atoms with Crippen LogP contribution in [0.5, 0.6) is 0 Å². The van der Waals surface area contributed by atoms with Gasteiger partial charge in [0.25, 0.3) is 0 Å². The lowest BCUT2D eigenvalue weighted by molar-refractivity contribution is 0.00209. The van der Waals surface area contributed by atoms with Crippen molar-refractivity contribution in [3.05, 3.63) is 0 Å². The molecule has 4 nitrogen and oxygen atoms in total. The van der Waals surface area contributed by atoms with E-state index in [-0.39, 0.29) is 24.2 Å². The Morgan fingerprint density at radius 3 is 2.41 bits per heavy atom. The number of ether oxygens (including phenoxy) is 1. The van der Waals surface area contributed by atoms with E-state index in [0.717, 1.165) is 19.4 Å². The van der Waals surface area contributed by atoms with Gasteiger partial charge in [0.2, 0.25) is 0 Å². The van der Waals surface area contributed by atoms with Crippen LogP contribution < -0.4 is 0 Å². The summed E-state index contributed by atoms with van der Waals surface area (Å²) in [5, 5.41) is 9.41. The van der Waals surface area contributed by atoms with E-state index in [1.165, 1.54) is 0 Å². The predicted molar refractivity (Wildman–Crippen MR) is 66.8 cm³/mol. The van der Waals surface area contributed by atoms with Gasteiger partial charge in [-0.3, -0.25) is 0 Å². The lowest BCUT2D eigenvalue weighted by atomic mass is 9.84. The van der Waals surface area contributed by atoms with Gasteiger partial charge in [-0.25, -0.2) is 4.79 Å². The monoisotopic (exact) mass is 243 g/mol. The third kappa shape index (κ3) is 3.60. The number of hydrogen-bond donors (Lipinski definition) is 1. The number of aliphatic hydroxyl groups is 1. The fraction of sp³-hybridized carbons (Fsp3) is 0.923. The average Bonchev–Trinajstić information content (AvgIpc) is 2.63. The number of amides is 1.